The Morgan fingerprint density at radius 1 is 0.973 bits per heavy atom. The molecule has 0 fully saturated rings. The van der Waals surface area contributed by atoms with Crippen LogP contribution in [0.15, 0.2) is 36.4 Å². The number of carbonyl (C=O) groups is 1. The van der Waals surface area contributed by atoms with E-state index in [4.69, 9.17) is 46.4 Å². The Labute approximate surface area is 228 Å². The number of nitrogens with one attached hydrogen (secondary N) is 1. The number of rotatable bonds is 8. The van der Waals surface area contributed by atoms with E-state index in [-0.39, 0.29) is 36.8 Å². The lowest BCUT2D eigenvalue weighted by Crippen LogP contribution is -2.39. The Balaban J connectivity index is 2.21. The van der Waals surface area contributed by atoms with Gasteiger partial charge in [0.05, 0.1) is 37.3 Å². The monoisotopic (exact) mass is 629 g/mol. The zero-order valence-electron chi connectivity index (χ0n) is 18.5. The standard InChI is InChI=1S/C22H17Cl4F6NO3S/c1-11(9-37(35,36)10-21(27,28)29)33-20(34)14-4-2-12(6-16(14)23)3-5-15(22(30,31)32)13-7-17(24)19(26)18(25)8-13/h2-8,11,15H,9-10H2,1H3,(H,33,34)/b5-3+/t11-,15?/m1/s1. The van der Waals surface area contributed by atoms with E-state index in [9.17, 15) is 39.6 Å². The van der Waals surface area contributed by atoms with Gasteiger partial charge in [-0.25, -0.2) is 8.42 Å². The van der Waals surface area contributed by atoms with Crippen LogP contribution in [0.5, 0.6) is 0 Å². The number of allylic oxidation sites excluding steroid dienone is 1. The number of alkyl halides is 6. The Kier molecular flexibility index (Phi) is 10.3. The zero-order valence-corrected chi connectivity index (χ0v) is 22.4. The predicted molar refractivity (Wildman–Crippen MR) is 132 cm³/mol. The minimum absolute atomic E-state index is 0.0927. The van der Waals surface area contributed by atoms with Crippen molar-refractivity contribution < 1.29 is 39.6 Å². The zero-order chi connectivity index (χ0) is 28.3. The van der Waals surface area contributed by atoms with Gasteiger partial charge in [-0.3, -0.25) is 4.79 Å². The minimum atomic E-state index is -4.92. The third kappa shape index (κ3) is 9.55. The van der Waals surface area contributed by atoms with Gasteiger partial charge in [-0.1, -0.05) is 64.6 Å². The van der Waals surface area contributed by atoms with Crippen molar-refractivity contribution in [3.8, 4) is 0 Å². The van der Waals surface area contributed by atoms with Gasteiger partial charge in [-0.15, -0.1) is 0 Å². The minimum Gasteiger partial charge on any atom is -0.349 e. The highest BCUT2D eigenvalue weighted by atomic mass is 35.5. The summed E-state index contributed by atoms with van der Waals surface area (Å²) >= 11 is 23.6. The van der Waals surface area contributed by atoms with Crippen LogP contribution < -0.4 is 5.32 Å². The van der Waals surface area contributed by atoms with E-state index in [1.807, 2.05) is 0 Å². The van der Waals surface area contributed by atoms with Crippen LogP contribution in [0.3, 0.4) is 0 Å². The third-order valence-electron chi connectivity index (χ3n) is 4.70. The number of sulfone groups is 1. The van der Waals surface area contributed by atoms with Crippen molar-refractivity contribution in [2.45, 2.75) is 31.2 Å². The van der Waals surface area contributed by atoms with Crippen LogP contribution in [0.2, 0.25) is 20.1 Å². The second-order valence-corrected chi connectivity index (χ2v) is 11.7. The van der Waals surface area contributed by atoms with Crippen molar-refractivity contribution in [3.05, 3.63) is 73.2 Å². The van der Waals surface area contributed by atoms with Crippen LogP contribution >= 0.6 is 46.4 Å². The molecule has 0 aromatic heterocycles. The molecule has 0 saturated heterocycles. The molecular weight excluding hydrogens is 614 g/mol. The molecule has 0 aliphatic carbocycles. The average molecular weight is 631 g/mol. The first-order valence-corrected chi connectivity index (χ1v) is 13.4. The number of carbonyl (C=O) groups excluding carboxylic acids is 1. The number of hydrogen-bond donors (Lipinski definition) is 1. The number of benzene rings is 2. The van der Waals surface area contributed by atoms with Gasteiger partial charge in [0.25, 0.3) is 5.91 Å². The summed E-state index contributed by atoms with van der Waals surface area (Å²) in [5.74, 6) is -5.99. The molecule has 1 unspecified atom stereocenters. The Bertz CT molecular complexity index is 1270. The molecule has 0 heterocycles. The molecule has 4 nitrogen and oxygen atoms in total. The third-order valence-corrected chi connectivity index (χ3v) is 7.99. The maximum absolute atomic E-state index is 13.7. The van der Waals surface area contributed by atoms with Crippen molar-refractivity contribution >= 4 is 68.2 Å². The number of amides is 1. The molecule has 1 amide bonds. The molecule has 0 aliphatic heterocycles. The first-order valence-electron chi connectivity index (χ1n) is 10.1. The van der Waals surface area contributed by atoms with Crippen LogP contribution in [-0.2, 0) is 9.84 Å². The van der Waals surface area contributed by atoms with Crippen LogP contribution in [0.4, 0.5) is 26.3 Å². The van der Waals surface area contributed by atoms with E-state index >= 15 is 0 Å². The summed E-state index contributed by atoms with van der Waals surface area (Å²) in [7, 11) is -4.54. The van der Waals surface area contributed by atoms with Gasteiger partial charge in [0.15, 0.2) is 9.84 Å². The average Bonchev–Trinajstić information content (AvgIpc) is 2.68. The molecule has 204 valence electrons. The smallest absolute Gasteiger partial charge is 0.349 e. The van der Waals surface area contributed by atoms with Gasteiger partial charge in [-0.2, -0.15) is 26.3 Å². The highest BCUT2D eigenvalue weighted by molar-refractivity contribution is 7.91. The highest BCUT2D eigenvalue weighted by Crippen LogP contribution is 2.41. The lowest BCUT2D eigenvalue weighted by atomic mass is 9.97. The summed E-state index contributed by atoms with van der Waals surface area (Å²) < 4.78 is 101. The summed E-state index contributed by atoms with van der Waals surface area (Å²) in [6.45, 7) is 1.20. The molecular formula is C22H17Cl4F6NO3S. The topological polar surface area (TPSA) is 63.2 Å². The van der Waals surface area contributed by atoms with E-state index in [1.165, 1.54) is 25.1 Å². The molecule has 0 aliphatic rings. The molecule has 0 radical (unpaired) electrons. The maximum atomic E-state index is 13.7. The molecule has 1 N–H and O–H groups in total. The second-order valence-electron chi connectivity index (χ2n) is 7.96. The van der Waals surface area contributed by atoms with Crippen LogP contribution in [0, 0.1) is 0 Å². The quantitative estimate of drug-likeness (QED) is 0.240. The Morgan fingerprint density at radius 2 is 1.54 bits per heavy atom. The molecule has 0 saturated carbocycles. The van der Waals surface area contributed by atoms with Crippen molar-refractivity contribution in [1.29, 1.82) is 0 Å². The van der Waals surface area contributed by atoms with E-state index in [0.717, 1.165) is 24.3 Å². The van der Waals surface area contributed by atoms with Crippen LogP contribution in [-0.4, -0.2) is 44.2 Å². The molecule has 0 bridgehead atoms. The predicted octanol–water partition coefficient (Wildman–Crippen LogP) is 7.75. The van der Waals surface area contributed by atoms with Gasteiger partial charge < -0.3 is 5.32 Å². The molecule has 0 spiro atoms. The SMILES string of the molecule is C[C@H](CS(=O)(=O)CC(F)(F)F)NC(=O)c1ccc(/C=C/C(c2cc(Cl)c(Cl)c(Cl)c2)C(F)(F)F)cc1Cl. The van der Waals surface area contributed by atoms with Crippen molar-refractivity contribution in [3.63, 3.8) is 0 Å². The van der Waals surface area contributed by atoms with Crippen molar-refractivity contribution in [2.24, 2.45) is 0 Å². The largest absolute Gasteiger partial charge is 0.402 e. The molecule has 15 heteroatoms. The first-order chi connectivity index (χ1) is 16.8. The van der Waals surface area contributed by atoms with Crippen molar-refractivity contribution in [1.82, 2.24) is 5.32 Å². The number of hydrogen-bond acceptors (Lipinski definition) is 3. The normalized spacial score (nSPS) is 14.6. The van der Waals surface area contributed by atoms with Crippen LogP contribution in [0.1, 0.15) is 34.3 Å². The van der Waals surface area contributed by atoms with Gasteiger partial charge in [0, 0.05) is 6.04 Å². The molecule has 2 aromatic rings. The summed E-state index contributed by atoms with van der Waals surface area (Å²) in [5.41, 5.74) is -0.245. The van der Waals surface area contributed by atoms with Crippen LogP contribution in [0.25, 0.3) is 6.08 Å². The second kappa shape index (κ2) is 12.0. The lowest BCUT2D eigenvalue weighted by Gasteiger charge is -2.18. The summed E-state index contributed by atoms with van der Waals surface area (Å²) in [4.78, 5) is 12.4. The fraction of sp³-hybridized carbons (Fsp3) is 0.318. The summed E-state index contributed by atoms with van der Waals surface area (Å²) in [5, 5.41) is 1.63. The van der Waals surface area contributed by atoms with E-state index in [0.29, 0.717) is 0 Å². The fourth-order valence-corrected chi connectivity index (χ4v) is 5.57. The van der Waals surface area contributed by atoms with Gasteiger partial charge >= 0.3 is 12.4 Å². The van der Waals surface area contributed by atoms with Gasteiger partial charge in [-0.05, 0) is 42.3 Å². The van der Waals surface area contributed by atoms with Gasteiger partial charge in [0.2, 0.25) is 0 Å². The first kappa shape index (κ1) is 31.6. The lowest BCUT2D eigenvalue weighted by molar-refractivity contribution is -0.139. The fourth-order valence-electron chi connectivity index (χ4n) is 3.22. The number of halogens is 10. The van der Waals surface area contributed by atoms with E-state index < -0.39 is 51.6 Å². The maximum Gasteiger partial charge on any atom is 0.402 e. The molecule has 2 rings (SSSR count). The Hall–Kier alpha value is -1.66. The summed E-state index contributed by atoms with van der Waals surface area (Å²) in [6.07, 6.45) is -7.71. The molecule has 37 heavy (non-hydrogen) atoms. The van der Waals surface area contributed by atoms with E-state index in [1.54, 1.807) is 0 Å². The van der Waals surface area contributed by atoms with Gasteiger partial charge in [0.1, 0.15) is 5.75 Å². The summed E-state index contributed by atoms with van der Waals surface area (Å²) in [6, 6.07) is 4.53. The van der Waals surface area contributed by atoms with E-state index in [2.05, 4.69) is 5.32 Å². The van der Waals surface area contributed by atoms with Crippen molar-refractivity contribution in [2.75, 3.05) is 11.5 Å². The Morgan fingerprint density at radius 3 is 2.03 bits per heavy atom. The highest BCUT2D eigenvalue weighted by Gasteiger charge is 2.39. The molecule has 2 aromatic carbocycles. The molecule has 2 atom stereocenters.